The molecule has 1 saturated carbocycles. The molecule has 0 radical (unpaired) electrons. The van der Waals surface area contributed by atoms with Gasteiger partial charge in [0.1, 0.15) is 0 Å². The second-order valence-corrected chi connectivity index (χ2v) is 6.47. The van der Waals surface area contributed by atoms with Crippen LogP contribution >= 0.6 is 15.9 Å². The van der Waals surface area contributed by atoms with Gasteiger partial charge in [0.15, 0.2) is 0 Å². The molecule has 0 aliphatic heterocycles. The van der Waals surface area contributed by atoms with Crippen molar-refractivity contribution >= 4 is 33.6 Å². The van der Waals surface area contributed by atoms with Gasteiger partial charge in [0, 0.05) is 11.0 Å². The van der Waals surface area contributed by atoms with Crippen LogP contribution in [0.25, 0.3) is 0 Å². The molecule has 0 spiro atoms. The Kier molecular flexibility index (Phi) is 5.22. The van der Waals surface area contributed by atoms with Gasteiger partial charge in [0.2, 0.25) is 0 Å². The lowest BCUT2D eigenvalue weighted by molar-refractivity contribution is 0.0697. The van der Waals surface area contributed by atoms with Crippen LogP contribution in [0, 0.1) is 11.8 Å². The number of halogens is 1. The summed E-state index contributed by atoms with van der Waals surface area (Å²) >= 11 is 3.26. The number of carbonyl (C=O) groups is 2. The molecule has 114 valence electrons. The van der Waals surface area contributed by atoms with Gasteiger partial charge in [-0.05, 0) is 58.8 Å². The number of anilines is 1. The van der Waals surface area contributed by atoms with E-state index in [1.54, 1.807) is 6.07 Å². The number of hydrogen-bond acceptors (Lipinski definition) is 2. The van der Waals surface area contributed by atoms with Crippen molar-refractivity contribution < 1.29 is 14.7 Å². The minimum atomic E-state index is -0.998. The van der Waals surface area contributed by atoms with Crippen molar-refractivity contribution in [2.45, 2.75) is 26.2 Å². The molecule has 2 rings (SSSR count). The van der Waals surface area contributed by atoms with Gasteiger partial charge in [0.05, 0.1) is 11.3 Å². The summed E-state index contributed by atoms with van der Waals surface area (Å²) in [6.45, 7) is 2.92. The molecule has 21 heavy (non-hydrogen) atoms. The molecule has 2 amide bonds. The number of carboxylic acid groups (broad SMARTS) is 1. The van der Waals surface area contributed by atoms with Crippen molar-refractivity contribution in [1.29, 1.82) is 0 Å². The summed E-state index contributed by atoms with van der Waals surface area (Å²) in [5.74, 6) is 0.309. The van der Waals surface area contributed by atoms with E-state index in [-0.39, 0.29) is 11.6 Å². The van der Waals surface area contributed by atoms with Crippen molar-refractivity contribution in [3.05, 3.63) is 28.2 Å². The van der Waals surface area contributed by atoms with Gasteiger partial charge in [-0.3, -0.25) is 0 Å². The first kappa shape index (κ1) is 15.8. The molecule has 2 atom stereocenters. The summed E-state index contributed by atoms with van der Waals surface area (Å²) in [7, 11) is 0. The van der Waals surface area contributed by atoms with Crippen LogP contribution in [-0.2, 0) is 0 Å². The fourth-order valence-electron chi connectivity index (χ4n) is 2.66. The Labute approximate surface area is 132 Å². The van der Waals surface area contributed by atoms with Crippen LogP contribution in [0.2, 0.25) is 0 Å². The first-order valence-electron chi connectivity index (χ1n) is 7.03. The zero-order chi connectivity index (χ0) is 15.4. The Morgan fingerprint density at radius 1 is 1.38 bits per heavy atom. The number of amides is 2. The first-order chi connectivity index (χ1) is 9.95. The molecule has 0 bridgehead atoms. The first-order valence-corrected chi connectivity index (χ1v) is 7.82. The van der Waals surface area contributed by atoms with Crippen LogP contribution in [0.3, 0.4) is 0 Å². The van der Waals surface area contributed by atoms with Crippen molar-refractivity contribution in [2.24, 2.45) is 11.8 Å². The molecule has 1 aromatic carbocycles. The average Bonchev–Trinajstić information content (AvgIpc) is 2.84. The lowest BCUT2D eigenvalue weighted by atomic mass is 10.1. The molecule has 5 nitrogen and oxygen atoms in total. The van der Waals surface area contributed by atoms with Crippen molar-refractivity contribution in [1.82, 2.24) is 5.32 Å². The maximum atomic E-state index is 11.9. The predicted octanol–water partition coefficient (Wildman–Crippen LogP) is 3.71. The van der Waals surface area contributed by atoms with E-state index in [4.69, 9.17) is 5.11 Å². The molecule has 1 fully saturated rings. The number of hydrogen-bond donors (Lipinski definition) is 3. The molecule has 1 aliphatic carbocycles. The molecule has 0 saturated heterocycles. The molecule has 0 aromatic heterocycles. The Morgan fingerprint density at radius 3 is 2.71 bits per heavy atom. The average molecular weight is 355 g/mol. The van der Waals surface area contributed by atoms with Gasteiger partial charge in [-0.2, -0.15) is 0 Å². The lowest BCUT2D eigenvalue weighted by Gasteiger charge is -2.13. The Hall–Kier alpha value is -1.56. The van der Waals surface area contributed by atoms with Gasteiger partial charge >= 0.3 is 12.0 Å². The molecule has 1 aromatic rings. The highest BCUT2D eigenvalue weighted by Gasteiger charge is 2.21. The van der Waals surface area contributed by atoms with Gasteiger partial charge < -0.3 is 15.7 Å². The van der Waals surface area contributed by atoms with Crippen molar-refractivity contribution in [3.63, 3.8) is 0 Å². The monoisotopic (exact) mass is 354 g/mol. The van der Waals surface area contributed by atoms with E-state index < -0.39 is 5.97 Å². The smallest absolute Gasteiger partial charge is 0.335 e. The minimum absolute atomic E-state index is 0.174. The van der Waals surface area contributed by atoms with E-state index in [0.717, 1.165) is 12.3 Å². The highest BCUT2D eigenvalue weighted by molar-refractivity contribution is 9.10. The third-order valence-corrected chi connectivity index (χ3v) is 4.48. The van der Waals surface area contributed by atoms with E-state index in [2.05, 4.69) is 33.5 Å². The molecule has 6 heteroatoms. The van der Waals surface area contributed by atoms with Crippen LogP contribution < -0.4 is 10.6 Å². The standard InChI is InChI=1S/C15H19BrN2O3/c1-9-2-3-10(6-9)8-17-15(21)18-13-5-4-11(14(19)20)7-12(13)16/h4-5,7,9-10H,2-3,6,8H2,1H3,(H,19,20)(H2,17,18,21). The second kappa shape index (κ2) is 6.93. The summed E-state index contributed by atoms with van der Waals surface area (Å²) in [4.78, 5) is 22.7. The van der Waals surface area contributed by atoms with E-state index in [9.17, 15) is 9.59 Å². The van der Waals surface area contributed by atoms with Gasteiger partial charge in [-0.15, -0.1) is 0 Å². The zero-order valence-electron chi connectivity index (χ0n) is 11.9. The summed E-state index contributed by atoms with van der Waals surface area (Å²) in [6.07, 6.45) is 3.56. The highest BCUT2D eigenvalue weighted by atomic mass is 79.9. The van der Waals surface area contributed by atoms with Crippen LogP contribution in [-0.4, -0.2) is 23.7 Å². The quantitative estimate of drug-likeness (QED) is 0.771. The number of benzene rings is 1. The van der Waals surface area contributed by atoms with Crippen LogP contribution in [0.4, 0.5) is 10.5 Å². The van der Waals surface area contributed by atoms with Crippen molar-refractivity contribution in [2.75, 3.05) is 11.9 Å². The van der Waals surface area contributed by atoms with Gasteiger partial charge in [-0.25, -0.2) is 9.59 Å². The van der Waals surface area contributed by atoms with E-state index in [0.29, 0.717) is 22.6 Å². The zero-order valence-corrected chi connectivity index (χ0v) is 13.4. The topological polar surface area (TPSA) is 78.4 Å². The SMILES string of the molecule is CC1CCC(CNC(=O)Nc2ccc(C(=O)O)cc2Br)C1. The Bertz CT molecular complexity index is 548. The fraction of sp³-hybridized carbons (Fsp3) is 0.467. The summed E-state index contributed by atoms with van der Waals surface area (Å²) in [5, 5.41) is 14.5. The Balaban J connectivity index is 1.86. The van der Waals surface area contributed by atoms with E-state index in [1.165, 1.54) is 25.0 Å². The van der Waals surface area contributed by atoms with Crippen LogP contribution in [0.1, 0.15) is 36.5 Å². The number of carboxylic acids is 1. The molecule has 0 heterocycles. The Morgan fingerprint density at radius 2 is 2.14 bits per heavy atom. The number of nitrogens with one attached hydrogen (secondary N) is 2. The highest BCUT2D eigenvalue weighted by Crippen LogP contribution is 2.29. The summed E-state index contributed by atoms with van der Waals surface area (Å²) < 4.78 is 0.548. The fourth-order valence-corrected chi connectivity index (χ4v) is 3.14. The van der Waals surface area contributed by atoms with E-state index >= 15 is 0 Å². The normalized spacial score (nSPS) is 21.0. The number of carbonyl (C=O) groups excluding carboxylic acids is 1. The van der Waals surface area contributed by atoms with Crippen LogP contribution in [0.15, 0.2) is 22.7 Å². The third-order valence-electron chi connectivity index (χ3n) is 3.82. The minimum Gasteiger partial charge on any atom is -0.478 e. The summed E-state index contributed by atoms with van der Waals surface area (Å²) in [6, 6.07) is 4.24. The maximum absolute atomic E-state index is 11.9. The number of aromatic carboxylic acids is 1. The summed E-state index contributed by atoms with van der Waals surface area (Å²) in [5.41, 5.74) is 0.727. The molecule has 3 N–H and O–H groups in total. The predicted molar refractivity (Wildman–Crippen MR) is 84.6 cm³/mol. The maximum Gasteiger partial charge on any atom is 0.335 e. The molecule has 2 unspecified atom stereocenters. The van der Waals surface area contributed by atoms with Gasteiger partial charge in [0.25, 0.3) is 0 Å². The third kappa shape index (κ3) is 4.46. The second-order valence-electron chi connectivity index (χ2n) is 5.62. The van der Waals surface area contributed by atoms with E-state index in [1.807, 2.05) is 0 Å². The lowest BCUT2D eigenvalue weighted by Crippen LogP contribution is -2.32. The largest absolute Gasteiger partial charge is 0.478 e. The van der Waals surface area contributed by atoms with Crippen LogP contribution in [0.5, 0.6) is 0 Å². The number of rotatable bonds is 4. The number of urea groups is 1. The molecular weight excluding hydrogens is 336 g/mol. The molecular formula is C15H19BrN2O3. The van der Waals surface area contributed by atoms with Crippen molar-refractivity contribution in [3.8, 4) is 0 Å². The molecule has 1 aliphatic rings. The van der Waals surface area contributed by atoms with Gasteiger partial charge in [-0.1, -0.05) is 13.3 Å².